The smallest absolute Gasteiger partial charge is 0.252 e. The number of primary amides is 1. The van der Waals surface area contributed by atoms with Crippen molar-refractivity contribution < 1.29 is 9.53 Å². The van der Waals surface area contributed by atoms with E-state index in [4.69, 9.17) is 22.1 Å². The largest absolute Gasteiger partial charge is 0.488 e. The molecule has 0 spiro atoms. The molecule has 104 valence electrons. The predicted octanol–water partition coefficient (Wildman–Crippen LogP) is 2.35. The molecule has 2 unspecified atom stereocenters. The summed E-state index contributed by atoms with van der Waals surface area (Å²) in [5, 5.41) is 3.80. The molecular formula is C14H19ClN2O2. The number of carbonyl (C=O) groups excluding carboxylic acids is 1. The lowest BCUT2D eigenvalue weighted by atomic mass is 9.92. The first kappa shape index (κ1) is 14.2. The Balaban J connectivity index is 2.21. The molecule has 1 aliphatic rings. The molecule has 0 aromatic heterocycles. The first-order chi connectivity index (χ1) is 9.11. The van der Waals surface area contributed by atoms with Gasteiger partial charge in [0.25, 0.3) is 5.91 Å². The molecule has 0 heterocycles. The summed E-state index contributed by atoms with van der Waals surface area (Å²) in [6.07, 6.45) is 4.43. The van der Waals surface area contributed by atoms with Crippen LogP contribution in [0.15, 0.2) is 18.2 Å². The van der Waals surface area contributed by atoms with Gasteiger partial charge in [-0.25, -0.2) is 0 Å². The second kappa shape index (κ2) is 6.26. The van der Waals surface area contributed by atoms with Crippen LogP contribution in [0.5, 0.6) is 5.75 Å². The molecule has 1 fully saturated rings. The summed E-state index contributed by atoms with van der Waals surface area (Å²) in [6.45, 7) is 0. The number of hydrogen-bond acceptors (Lipinski definition) is 3. The van der Waals surface area contributed by atoms with Crippen LogP contribution in [0.25, 0.3) is 0 Å². The number of nitrogens with one attached hydrogen (secondary N) is 1. The Morgan fingerprint density at radius 3 is 2.84 bits per heavy atom. The van der Waals surface area contributed by atoms with Crippen LogP contribution in [0.1, 0.15) is 36.0 Å². The van der Waals surface area contributed by atoms with Gasteiger partial charge in [0.15, 0.2) is 0 Å². The Kier molecular flexibility index (Phi) is 4.66. The number of likely N-dealkylation sites (N-methyl/N-ethyl adjacent to an activating group) is 1. The quantitative estimate of drug-likeness (QED) is 0.891. The topological polar surface area (TPSA) is 64.3 Å². The second-order valence-corrected chi connectivity index (χ2v) is 5.28. The van der Waals surface area contributed by atoms with E-state index in [9.17, 15) is 4.79 Å². The maximum absolute atomic E-state index is 11.4. The number of amides is 1. The molecule has 1 aromatic rings. The van der Waals surface area contributed by atoms with Crippen molar-refractivity contribution in [2.24, 2.45) is 5.73 Å². The maximum atomic E-state index is 11.4. The third-order valence-corrected chi connectivity index (χ3v) is 3.80. The molecule has 2 rings (SSSR count). The van der Waals surface area contributed by atoms with Crippen LogP contribution in [-0.2, 0) is 0 Å². The Morgan fingerprint density at radius 1 is 1.42 bits per heavy atom. The van der Waals surface area contributed by atoms with Crippen molar-refractivity contribution >= 4 is 17.5 Å². The number of hydrogen-bond donors (Lipinski definition) is 2. The van der Waals surface area contributed by atoms with Gasteiger partial charge in [0.2, 0.25) is 0 Å². The minimum absolute atomic E-state index is 0.0512. The van der Waals surface area contributed by atoms with Gasteiger partial charge in [-0.15, -0.1) is 0 Å². The molecule has 1 aliphatic carbocycles. The van der Waals surface area contributed by atoms with Crippen LogP contribution >= 0.6 is 11.6 Å². The molecule has 0 saturated heterocycles. The standard InChI is InChI=1S/C14H19ClN2O2/c1-17-11-4-2-3-5-12(11)19-13-8-9(15)6-7-10(13)14(16)18/h6-8,11-12,17H,2-5H2,1H3,(H2,16,18). The zero-order chi connectivity index (χ0) is 13.8. The Bertz CT molecular complexity index is 465. The SMILES string of the molecule is CNC1CCCCC1Oc1cc(Cl)ccc1C(N)=O. The third kappa shape index (κ3) is 3.39. The molecule has 19 heavy (non-hydrogen) atoms. The first-order valence-electron chi connectivity index (χ1n) is 6.55. The van der Waals surface area contributed by atoms with E-state index in [-0.39, 0.29) is 6.10 Å². The van der Waals surface area contributed by atoms with Crippen molar-refractivity contribution in [3.05, 3.63) is 28.8 Å². The van der Waals surface area contributed by atoms with Gasteiger partial charge in [0.1, 0.15) is 11.9 Å². The molecule has 0 bridgehead atoms. The minimum atomic E-state index is -0.497. The fourth-order valence-corrected chi connectivity index (χ4v) is 2.69. The van der Waals surface area contributed by atoms with Crippen LogP contribution in [0.2, 0.25) is 5.02 Å². The lowest BCUT2D eigenvalue weighted by Crippen LogP contribution is -2.43. The van der Waals surface area contributed by atoms with Gasteiger partial charge in [0, 0.05) is 11.1 Å². The van der Waals surface area contributed by atoms with Crippen LogP contribution < -0.4 is 15.8 Å². The summed E-state index contributed by atoms with van der Waals surface area (Å²) in [7, 11) is 1.93. The monoisotopic (exact) mass is 282 g/mol. The highest BCUT2D eigenvalue weighted by atomic mass is 35.5. The van der Waals surface area contributed by atoms with Crippen LogP contribution in [0.4, 0.5) is 0 Å². The van der Waals surface area contributed by atoms with Gasteiger partial charge in [-0.3, -0.25) is 4.79 Å². The van der Waals surface area contributed by atoms with Crippen LogP contribution in [-0.4, -0.2) is 25.1 Å². The summed E-state index contributed by atoms with van der Waals surface area (Å²) < 4.78 is 5.98. The van der Waals surface area contributed by atoms with E-state index < -0.39 is 5.91 Å². The normalized spacial score (nSPS) is 23.1. The molecule has 5 heteroatoms. The zero-order valence-corrected chi connectivity index (χ0v) is 11.7. The summed E-state index contributed by atoms with van der Waals surface area (Å²) in [5.41, 5.74) is 5.74. The highest BCUT2D eigenvalue weighted by Gasteiger charge is 2.26. The van der Waals surface area contributed by atoms with Crippen molar-refractivity contribution in [2.45, 2.75) is 37.8 Å². The van der Waals surface area contributed by atoms with E-state index in [0.29, 0.717) is 22.4 Å². The summed E-state index contributed by atoms with van der Waals surface area (Å²) in [6, 6.07) is 5.21. The highest BCUT2D eigenvalue weighted by Crippen LogP contribution is 2.28. The van der Waals surface area contributed by atoms with E-state index in [2.05, 4.69) is 5.32 Å². The molecule has 0 radical (unpaired) electrons. The summed E-state index contributed by atoms with van der Waals surface area (Å²) in [5.74, 6) is -0.0179. The minimum Gasteiger partial charge on any atom is -0.488 e. The number of carbonyl (C=O) groups is 1. The van der Waals surface area contributed by atoms with E-state index in [1.807, 2.05) is 7.05 Å². The molecular weight excluding hydrogens is 264 g/mol. The fraction of sp³-hybridized carbons (Fsp3) is 0.500. The maximum Gasteiger partial charge on any atom is 0.252 e. The lowest BCUT2D eigenvalue weighted by molar-refractivity contribution is 0.0971. The molecule has 3 N–H and O–H groups in total. The number of rotatable bonds is 4. The predicted molar refractivity (Wildman–Crippen MR) is 75.7 cm³/mol. The van der Waals surface area contributed by atoms with Crippen molar-refractivity contribution in [1.29, 1.82) is 0 Å². The Hall–Kier alpha value is -1.26. The second-order valence-electron chi connectivity index (χ2n) is 4.84. The van der Waals surface area contributed by atoms with E-state index in [1.54, 1.807) is 18.2 Å². The number of benzene rings is 1. The Labute approximate surface area is 118 Å². The first-order valence-corrected chi connectivity index (χ1v) is 6.93. The summed E-state index contributed by atoms with van der Waals surface area (Å²) in [4.78, 5) is 11.4. The van der Waals surface area contributed by atoms with Crippen molar-refractivity contribution in [1.82, 2.24) is 5.32 Å². The molecule has 0 aliphatic heterocycles. The van der Waals surface area contributed by atoms with E-state index >= 15 is 0 Å². The molecule has 1 aromatic carbocycles. The molecule has 4 nitrogen and oxygen atoms in total. The van der Waals surface area contributed by atoms with Gasteiger partial charge in [-0.2, -0.15) is 0 Å². The zero-order valence-electron chi connectivity index (χ0n) is 11.0. The van der Waals surface area contributed by atoms with Crippen molar-refractivity contribution in [2.75, 3.05) is 7.05 Å². The number of halogens is 1. The van der Waals surface area contributed by atoms with Gasteiger partial charge in [-0.05, 0) is 44.5 Å². The average Bonchev–Trinajstić information content (AvgIpc) is 2.39. The van der Waals surface area contributed by atoms with Gasteiger partial charge >= 0.3 is 0 Å². The fourth-order valence-electron chi connectivity index (χ4n) is 2.53. The van der Waals surface area contributed by atoms with Crippen molar-refractivity contribution in [3.8, 4) is 5.75 Å². The number of ether oxygens (including phenoxy) is 1. The molecule has 2 atom stereocenters. The highest BCUT2D eigenvalue weighted by molar-refractivity contribution is 6.30. The van der Waals surface area contributed by atoms with E-state index in [1.165, 1.54) is 6.42 Å². The number of nitrogens with two attached hydrogens (primary N) is 1. The third-order valence-electron chi connectivity index (χ3n) is 3.56. The molecule has 1 amide bonds. The lowest BCUT2D eigenvalue weighted by Gasteiger charge is -2.32. The average molecular weight is 283 g/mol. The summed E-state index contributed by atoms with van der Waals surface area (Å²) >= 11 is 5.96. The van der Waals surface area contributed by atoms with E-state index in [0.717, 1.165) is 19.3 Å². The van der Waals surface area contributed by atoms with Crippen LogP contribution in [0, 0.1) is 0 Å². The van der Waals surface area contributed by atoms with Crippen LogP contribution in [0.3, 0.4) is 0 Å². The van der Waals surface area contributed by atoms with Gasteiger partial charge in [0.05, 0.1) is 5.56 Å². The Morgan fingerprint density at radius 2 is 2.16 bits per heavy atom. The van der Waals surface area contributed by atoms with Gasteiger partial charge in [-0.1, -0.05) is 18.0 Å². The van der Waals surface area contributed by atoms with Crippen molar-refractivity contribution in [3.63, 3.8) is 0 Å². The molecule has 1 saturated carbocycles. The van der Waals surface area contributed by atoms with Gasteiger partial charge < -0.3 is 15.8 Å².